The Bertz CT molecular complexity index is 811. The Morgan fingerprint density at radius 2 is 2.09 bits per heavy atom. The Morgan fingerprint density at radius 1 is 1.27 bits per heavy atom. The molecule has 0 fully saturated rings. The van der Waals surface area contributed by atoms with Gasteiger partial charge >= 0.3 is 0 Å². The summed E-state index contributed by atoms with van der Waals surface area (Å²) >= 11 is 1.44. The van der Waals surface area contributed by atoms with Gasteiger partial charge in [-0.25, -0.2) is 0 Å². The van der Waals surface area contributed by atoms with Gasteiger partial charge in [0.05, 0.1) is 22.7 Å². The van der Waals surface area contributed by atoms with Gasteiger partial charge in [-0.1, -0.05) is 12.1 Å². The molecular weight excluding hydrogens is 298 g/mol. The molecular formula is C16H11N3O2S. The van der Waals surface area contributed by atoms with Crippen LogP contribution < -0.4 is 10.6 Å². The Morgan fingerprint density at radius 3 is 2.91 bits per heavy atom. The third kappa shape index (κ3) is 2.80. The molecule has 1 aliphatic heterocycles. The molecule has 0 atom stereocenters. The van der Waals surface area contributed by atoms with Gasteiger partial charge in [0.15, 0.2) is 0 Å². The highest BCUT2D eigenvalue weighted by molar-refractivity contribution is 8.00. The van der Waals surface area contributed by atoms with Crippen LogP contribution in [0.25, 0.3) is 0 Å². The molecule has 5 nitrogen and oxygen atoms in total. The monoisotopic (exact) mass is 309 g/mol. The van der Waals surface area contributed by atoms with Crippen molar-refractivity contribution < 1.29 is 9.59 Å². The average Bonchev–Trinajstić information content (AvgIpc) is 2.54. The number of amides is 2. The summed E-state index contributed by atoms with van der Waals surface area (Å²) in [5, 5.41) is 14.5. The lowest BCUT2D eigenvalue weighted by Gasteiger charge is -2.17. The second-order valence-corrected chi connectivity index (χ2v) is 5.68. The summed E-state index contributed by atoms with van der Waals surface area (Å²) in [4.78, 5) is 24.7. The molecule has 1 aliphatic rings. The molecule has 22 heavy (non-hydrogen) atoms. The summed E-state index contributed by atoms with van der Waals surface area (Å²) in [5.74, 6) is -0.0196. The summed E-state index contributed by atoms with van der Waals surface area (Å²) in [6.45, 7) is 0. The molecule has 0 saturated heterocycles. The fourth-order valence-corrected chi connectivity index (χ4v) is 2.90. The van der Waals surface area contributed by atoms with Gasteiger partial charge < -0.3 is 10.6 Å². The lowest BCUT2D eigenvalue weighted by Crippen LogP contribution is -2.20. The van der Waals surface area contributed by atoms with E-state index in [2.05, 4.69) is 10.6 Å². The zero-order valence-electron chi connectivity index (χ0n) is 11.4. The number of benzene rings is 2. The number of nitrogens with one attached hydrogen (secondary N) is 2. The topological polar surface area (TPSA) is 82.0 Å². The Hall–Kier alpha value is -2.78. The quantitative estimate of drug-likeness (QED) is 0.893. The van der Waals surface area contributed by atoms with Crippen LogP contribution in [0.15, 0.2) is 47.4 Å². The number of nitriles is 1. The molecule has 6 heteroatoms. The predicted molar refractivity (Wildman–Crippen MR) is 84.9 cm³/mol. The van der Waals surface area contributed by atoms with E-state index < -0.39 is 0 Å². The summed E-state index contributed by atoms with van der Waals surface area (Å²) in [6.07, 6.45) is 0. The normalized spacial score (nSPS) is 12.8. The summed E-state index contributed by atoms with van der Waals surface area (Å²) in [5.41, 5.74) is 1.93. The molecule has 0 unspecified atom stereocenters. The van der Waals surface area contributed by atoms with Crippen LogP contribution in [0, 0.1) is 11.3 Å². The molecule has 0 aliphatic carbocycles. The minimum atomic E-state index is -0.324. The zero-order chi connectivity index (χ0) is 15.5. The largest absolute Gasteiger partial charge is 0.324 e. The lowest BCUT2D eigenvalue weighted by atomic mass is 10.1. The van der Waals surface area contributed by atoms with Crippen LogP contribution in [0.2, 0.25) is 0 Å². The summed E-state index contributed by atoms with van der Waals surface area (Å²) in [6, 6.07) is 14.0. The van der Waals surface area contributed by atoms with Gasteiger partial charge in [0.1, 0.15) is 6.07 Å². The van der Waals surface area contributed by atoms with E-state index in [9.17, 15) is 9.59 Å². The molecule has 108 valence electrons. The number of para-hydroxylation sites is 1. The molecule has 2 N–H and O–H groups in total. The third-order valence-electron chi connectivity index (χ3n) is 3.17. The first-order valence-corrected chi connectivity index (χ1v) is 7.53. The first-order valence-electron chi connectivity index (χ1n) is 6.54. The van der Waals surface area contributed by atoms with E-state index in [-0.39, 0.29) is 11.8 Å². The summed E-state index contributed by atoms with van der Waals surface area (Å²) < 4.78 is 0. The SMILES string of the molecule is N#Cc1ccccc1NC(=O)c1ccc2c(c1)NC(=O)CS2. The van der Waals surface area contributed by atoms with Gasteiger partial charge in [0.25, 0.3) is 5.91 Å². The number of rotatable bonds is 2. The minimum absolute atomic E-state index is 0.0788. The van der Waals surface area contributed by atoms with Gasteiger partial charge in [-0.2, -0.15) is 5.26 Å². The van der Waals surface area contributed by atoms with Crippen LogP contribution in [-0.4, -0.2) is 17.6 Å². The van der Waals surface area contributed by atoms with E-state index in [0.29, 0.717) is 28.3 Å². The van der Waals surface area contributed by atoms with Crippen molar-refractivity contribution in [2.24, 2.45) is 0 Å². The molecule has 0 radical (unpaired) electrons. The molecule has 0 saturated carbocycles. The molecule has 2 aromatic carbocycles. The first kappa shape index (κ1) is 14.2. The van der Waals surface area contributed by atoms with Crippen LogP contribution in [0.4, 0.5) is 11.4 Å². The van der Waals surface area contributed by atoms with E-state index in [1.165, 1.54) is 11.8 Å². The number of thioether (sulfide) groups is 1. The lowest BCUT2D eigenvalue weighted by molar-refractivity contribution is -0.113. The van der Waals surface area contributed by atoms with Crippen LogP contribution in [0.5, 0.6) is 0 Å². The van der Waals surface area contributed by atoms with Gasteiger partial charge in [-0.3, -0.25) is 9.59 Å². The van der Waals surface area contributed by atoms with Crippen molar-refractivity contribution >= 4 is 35.0 Å². The number of hydrogen-bond donors (Lipinski definition) is 2. The highest BCUT2D eigenvalue weighted by atomic mass is 32.2. The number of hydrogen-bond acceptors (Lipinski definition) is 4. The highest BCUT2D eigenvalue weighted by Crippen LogP contribution is 2.32. The number of carbonyl (C=O) groups excluding carboxylic acids is 2. The molecule has 2 amide bonds. The van der Waals surface area contributed by atoms with E-state index in [1.807, 2.05) is 12.1 Å². The smallest absolute Gasteiger partial charge is 0.255 e. The standard InChI is InChI=1S/C16H11N3O2S/c17-8-11-3-1-2-4-12(11)19-16(21)10-5-6-14-13(7-10)18-15(20)9-22-14/h1-7H,9H2,(H,18,20)(H,19,21). The fourth-order valence-electron chi connectivity index (χ4n) is 2.11. The number of anilines is 2. The molecule has 2 aromatic rings. The molecule has 1 heterocycles. The minimum Gasteiger partial charge on any atom is -0.324 e. The van der Waals surface area contributed by atoms with Crippen LogP contribution in [0.3, 0.4) is 0 Å². The van der Waals surface area contributed by atoms with Crippen LogP contribution in [0.1, 0.15) is 15.9 Å². The fraction of sp³-hybridized carbons (Fsp3) is 0.0625. The number of fused-ring (bicyclic) bond motifs is 1. The molecule has 0 spiro atoms. The van der Waals surface area contributed by atoms with E-state index >= 15 is 0 Å². The van der Waals surface area contributed by atoms with Gasteiger partial charge in [-0.15, -0.1) is 11.8 Å². The first-order chi connectivity index (χ1) is 10.7. The summed E-state index contributed by atoms with van der Waals surface area (Å²) in [7, 11) is 0. The van der Waals surface area contributed by atoms with Crippen molar-refractivity contribution in [1.29, 1.82) is 5.26 Å². The van der Waals surface area contributed by atoms with Gasteiger partial charge in [0, 0.05) is 10.5 Å². The van der Waals surface area contributed by atoms with Crippen molar-refractivity contribution in [2.75, 3.05) is 16.4 Å². The maximum absolute atomic E-state index is 12.3. The maximum atomic E-state index is 12.3. The maximum Gasteiger partial charge on any atom is 0.255 e. The second kappa shape index (κ2) is 5.92. The Kier molecular flexibility index (Phi) is 3.81. The molecule has 0 aromatic heterocycles. The number of carbonyl (C=O) groups is 2. The number of nitrogens with zero attached hydrogens (tertiary/aromatic N) is 1. The van der Waals surface area contributed by atoms with Gasteiger partial charge in [0.2, 0.25) is 5.91 Å². The van der Waals surface area contributed by atoms with Crippen LogP contribution >= 0.6 is 11.8 Å². The van der Waals surface area contributed by atoms with E-state index in [1.54, 1.807) is 36.4 Å². The molecule has 3 rings (SSSR count). The predicted octanol–water partition coefficient (Wildman–Crippen LogP) is 2.85. The molecule has 0 bridgehead atoms. The average molecular weight is 309 g/mol. The third-order valence-corrected chi connectivity index (χ3v) is 4.24. The van der Waals surface area contributed by atoms with Crippen molar-refractivity contribution in [3.8, 4) is 6.07 Å². The van der Waals surface area contributed by atoms with Crippen molar-refractivity contribution in [1.82, 2.24) is 0 Å². The Labute approximate surface area is 131 Å². The van der Waals surface area contributed by atoms with Gasteiger partial charge in [-0.05, 0) is 30.3 Å². The second-order valence-electron chi connectivity index (χ2n) is 4.66. The van der Waals surface area contributed by atoms with Crippen molar-refractivity contribution in [3.05, 3.63) is 53.6 Å². The van der Waals surface area contributed by atoms with E-state index in [4.69, 9.17) is 5.26 Å². The van der Waals surface area contributed by atoms with E-state index in [0.717, 1.165) is 4.90 Å². The van der Waals surface area contributed by atoms with Crippen molar-refractivity contribution in [2.45, 2.75) is 4.90 Å². The van der Waals surface area contributed by atoms with Crippen molar-refractivity contribution in [3.63, 3.8) is 0 Å². The zero-order valence-corrected chi connectivity index (χ0v) is 12.2. The van der Waals surface area contributed by atoms with Crippen LogP contribution in [-0.2, 0) is 4.79 Å². The highest BCUT2D eigenvalue weighted by Gasteiger charge is 2.17. The Balaban J connectivity index is 1.85.